The smallest absolute Gasteiger partial charge is 0.378 e. The van der Waals surface area contributed by atoms with Gasteiger partial charge in [0.25, 0.3) is 0 Å². The number of aromatic hydroxyl groups is 1. The molecule has 0 aliphatic rings. The first-order chi connectivity index (χ1) is 3.80. The van der Waals surface area contributed by atoms with Crippen molar-refractivity contribution in [3.8, 4) is 5.75 Å². The lowest BCUT2D eigenvalue weighted by molar-refractivity contribution is 0.412. The molecule has 4 heteroatoms. The Balaban J connectivity index is 0.000000640. The first-order valence-corrected chi connectivity index (χ1v) is 2.07. The predicted octanol–water partition coefficient (Wildman–Crippen LogP) is 0.403. The molecule has 0 saturated heterocycles. The normalized spacial score (nSPS) is 8.00. The summed E-state index contributed by atoms with van der Waals surface area (Å²) in [6.45, 7) is 0. The first-order valence-electron chi connectivity index (χ1n) is 2.07. The minimum absolute atomic E-state index is 0. The second kappa shape index (κ2) is 3.25. The molecule has 0 aliphatic heterocycles. The van der Waals surface area contributed by atoms with Crippen LogP contribution in [0, 0.1) is 0 Å². The van der Waals surface area contributed by atoms with E-state index in [0.29, 0.717) is 0 Å². The lowest BCUT2D eigenvalue weighted by Gasteiger charge is -1.81. The minimum atomic E-state index is -0.701. The van der Waals surface area contributed by atoms with Gasteiger partial charge in [0.1, 0.15) is 0 Å². The summed E-state index contributed by atoms with van der Waals surface area (Å²) >= 11 is 0. The zero-order valence-electron chi connectivity index (χ0n) is 4.70. The monoisotopic (exact) mass is 146 g/mol. The minimum Gasteiger partial charge on any atom is -0.502 e. The molecule has 9 heavy (non-hydrogen) atoms. The Morgan fingerprint density at radius 2 is 2.22 bits per heavy atom. The summed E-state index contributed by atoms with van der Waals surface area (Å²) in [6, 6.07) is 2.71. The third-order valence-electron chi connectivity index (χ3n) is 0.717. The van der Waals surface area contributed by atoms with Crippen molar-refractivity contribution in [2.45, 2.75) is 0 Å². The lowest BCUT2D eigenvalue weighted by atomic mass is 10.5. The van der Waals surface area contributed by atoms with Crippen molar-refractivity contribution in [2.75, 3.05) is 0 Å². The Hall–Kier alpha value is -0.820. The van der Waals surface area contributed by atoms with E-state index in [9.17, 15) is 4.79 Å². The van der Waals surface area contributed by atoms with Gasteiger partial charge in [0.2, 0.25) is 5.75 Å². The summed E-state index contributed by atoms with van der Waals surface area (Å²) in [5.74, 6) is -0.354. The number of rotatable bonds is 0. The molecule has 50 valence electrons. The third kappa shape index (κ3) is 1.86. The molecule has 1 atom stereocenters. The van der Waals surface area contributed by atoms with Crippen LogP contribution in [0.15, 0.2) is 27.6 Å². The van der Waals surface area contributed by atoms with Gasteiger partial charge in [0, 0.05) is 0 Å². The van der Waals surface area contributed by atoms with Gasteiger partial charge in [-0.1, -0.05) is 0 Å². The largest absolute Gasteiger partial charge is 0.502 e. The molecule has 0 bridgehead atoms. The molecule has 0 fully saturated rings. The molecule has 1 rings (SSSR count). The summed E-state index contributed by atoms with van der Waals surface area (Å²) < 4.78 is 4.25. The van der Waals surface area contributed by atoms with E-state index in [1.54, 1.807) is 0 Å². The summed E-state index contributed by atoms with van der Waals surface area (Å²) in [5, 5.41) is 8.51. The molecule has 1 N–H and O–H groups in total. The Bertz CT molecular complexity index is 230. The van der Waals surface area contributed by atoms with Gasteiger partial charge in [-0.3, -0.25) is 0 Å². The molecule has 1 heterocycles. The SMILES string of the molecule is O=c1occcc1O.P. The van der Waals surface area contributed by atoms with Gasteiger partial charge in [-0.05, 0) is 12.1 Å². The highest BCUT2D eigenvalue weighted by molar-refractivity contribution is 6.92. The van der Waals surface area contributed by atoms with E-state index in [4.69, 9.17) is 5.11 Å². The maximum absolute atomic E-state index is 10.2. The third-order valence-corrected chi connectivity index (χ3v) is 0.717. The van der Waals surface area contributed by atoms with E-state index in [-0.39, 0.29) is 15.6 Å². The zero-order valence-corrected chi connectivity index (χ0v) is 6.12. The fraction of sp³-hybridized carbons (Fsp3) is 0. The first kappa shape index (κ1) is 8.18. The molecule has 0 spiro atoms. The molecule has 0 saturated carbocycles. The van der Waals surface area contributed by atoms with E-state index < -0.39 is 5.63 Å². The van der Waals surface area contributed by atoms with Crippen LogP contribution >= 0.6 is 9.90 Å². The van der Waals surface area contributed by atoms with Crippen LogP contribution in [0.4, 0.5) is 0 Å². The second-order valence-electron chi connectivity index (χ2n) is 1.29. The van der Waals surface area contributed by atoms with Gasteiger partial charge in [0.15, 0.2) is 0 Å². The molecule has 3 nitrogen and oxygen atoms in total. The predicted molar refractivity (Wildman–Crippen MR) is 37.7 cm³/mol. The van der Waals surface area contributed by atoms with Crippen molar-refractivity contribution in [3.63, 3.8) is 0 Å². The second-order valence-corrected chi connectivity index (χ2v) is 1.29. The Morgan fingerprint density at radius 1 is 1.56 bits per heavy atom. The number of hydrogen-bond donors (Lipinski definition) is 1. The molecule has 0 aromatic carbocycles. The molecule has 1 unspecified atom stereocenters. The summed E-state index contributed by atoms with van der Waals surface area (Å²) in [4.78, 5) is 10.2. The van der Waals surface area contributed by atoms with E-state index in [0.717, 1.165) is 0 Å². The summed E-state index contributed by atoms with van der Waals surface area (Å²) in [6.07, 6.45) is 1.21. The molecule has 1 aromatic rings. The molecule has 1 aromatic heterocycles. The fourth-order valence-electron chi connectivity index (χ4n) is 0.360. The summed E-state index contributed by atoms with van der Waals surface area (Å²) in [7, 11) is 0. The number of hydrogen-bond acceptors (Lipinski definition) is 3. The molecular formula is C5H7O3P. The van der Waals surface area contributed by atoms with Crippen molar-refractivity contribution in [2.24, 2.45) is 0 Å². The van der Waals surface area contributed by atoms with Gasteiger partial charge in [-0.15, -0.1) is 0 Å². The van der Waals surface area contributed by atoms with E-state index >= 15 is 0 Å². The van der Waals surface area contributed by atoms with Gasteiger partial charge in [0.05, 0.1) is 6.26 Å². The molecule has 0 aliphatic carbocycles. The topological polar surface area (TPSA) is 50.4 Å². The van der Waals surface area contributed by atoms with E-state index in [2.05, 4.69) is 4.42 Å². The highest BCUT2D eigenvalue weighted by atomic mass is 31.0. The van der Waals surface area contributed by atoms with Crippen molar-refractivity contribution < 1.29 is 9.52 Å². The van der Waals surface area contributed by atoms with Gasteiger partial charge >= 0.3 is 5.63 Å². The van der Waals surface area contributed by atoms with E-state index in [1.165, 1.54) is 18.4 Å². The fourth-order valence-corrected chi connectivity index (χ4v) is 0.360. The van der Waals surface area contributed by atoms with Crippen LogP contribution in [0.1, 0.15) is 0 Å². The standard InChI is InChI=1S/C5H4O3.H3P/c6-4-2-1-3-8-5(4)7;/h1-3,6H;1H3. The quantitative estimate of drug-likeness (QED) is 0.539. The molecular weight excluding hydrogens is 139 g/mol. The van der Waals surface area contributed by atoms with Crippen molar-refractivity contribution in [1.82, 2.24) is 0 Å². The average molecular weight is 146 g/mol. The average Bonchev–Trinajstić information content (AvgIpc) is 1.77. The lowest BCUT2D eigenvalue weighted by Crippen LogP contribution is -1.93. The Morgan fingerprint density at radius 3 is 2.56 bits per heavy atom. The molecule has 0 radical (unpaired) electrons. The molecule has 0 amide bonds. The van der Waals surface area contributed by atoms with Gasteiger partial charge < -0.3 is 9.52 Å². The zero-order chi connectivity index (χ0) is 5.98. The Labute approximate surface area is 54.9 Å². The van der Waals surface area contributed by atoms with Gasteiger partial charge in [-0.25, -0.2) is 4.79 Å². The van der Waals surface area contributed by atoms with Crippen LogP contribution in [0.5, 0.6) is 5.75 Å². The van der Waals surface area contributed by atoms with E-state index in [1.807, 2.05) is 0 Å². The van der Waals surface area contributed by atoms with Crippen LogP contribution in [-0.4, -0.2) is 5.11 Å². The van der Waals surface area contributed by atoms with Crippen LogP contribution in [0.25, 0.3) is 0 Å². The van der Waals surface area contributed by atoms with Crippen LogP contribution in [0.3, 0.4) is 0 Å². The van der Waals surface area contributed by atoms with Gasteiger partial charge in [-0.2, -0.15) is 9.90 Å². The van der Waals surface area contributed by atoms with Crippen molar-refractivity contribution in [1.29, 1.82) is 0 Å². The Kier molecular flexibility index (Phi) is 2.96. The maximum atomic E-state index is 10.2. The van der Waals surface area contributed by atoms with Crippen molar-refractivity contribution >= 4 is 9.90 Å². The van der Waals surface area contributed by atoms with Crippen LogP contribution in [-0.2, 0) is 0 Å². The highest BCUT2D eigenvalue weighted by Gasteiger charge is 1.90. The van der Waals surface area contributed by atoms with Crippen LogP contribution in [0.2, 0.25) is 0 Å². The highest BCUT2D eigenvalue weighted by Crippen LogP contribution is 1.94. The summed E-state index contributed by atoms with van der Waals surface area (Å²) in [5.41, 5.74) is -0.701. The van der Waals surface area contributed by atoms with Crippen molar-refractivity contribution in [3.05, 3.63) is 28.8 Å². The van der Waals surface area contributed by atoms with Crippen LogP contribution < -0.4 is 5.63 Å². The maximum Gasteiger partial charge on any atom is 0.378 e.